The van der Waals surface area contributed by atoms with Crippen LogP contribution in [-0.4, -0.2) is 22.5 Å². The number of rotatable bonds is 3. The van der Waals surface area contributed by atoms with Crippen LogP contribution in [0.3, 0.4) is 0 Å². The molecule has 0 aliphatic heterocycles. The van der Waals surface area contributed by atoms with E-state index in [9.17, 15) is 18.0 Å². The van der Waals surface area contributed by atoms with Crippen molar-refractivity contribution in [1.29, 1.82) is 0 Å². The number of ether oxygens (including phenoxy) is 1. The van der Waals surface area contributed by atoms with Crippen molar-refractivity contribution in [2.24, 2.45) is 11.5 Å². The van der Waals surface area contributed by atoms with Gasteiger partial charge in [0.1, 0.15) is 11.3 Å². The van der Waals surface area contributed by atoms with Gasteiger partial charge in [0.2, 0.25) is 5.91 Å². The molecule has 1 aromatic heterocycles. The van der Waals surface area contributed by atoms with Gasteiger partial charge < -0.3 is 16.2 Å². The van der Waals surface area contributed by atoms with E-state index in [0.29, 0.717) is 0 Å². The number of hydrogen-bond donors (Lipinski definition) is 2. The lowest BCUT2D eigenvalue weighted by Crippen LogP contribution is -2.45. The first-order chi connectivity index (χ1) is 10.1. The molecule has 1 unspecified atom stereocenters. The van der Waals surface area contributed by atoms with Gasteiger partial charge in [-0.25, -0.2) is 0 Å². The van der Waals surface area contributed by atoms with E-state index in [0.717, 1.165) is 12.2 Å². The number of hydrogen-bond acceptors (Lipinski definition) is 5. The molecule has 22 heavy (non-hydrogen) atoms. The molecule has 10 heteroatoms. The molecule has 1 aliphatic carbocycles. The Morgan fingerprint density at radius 2 is 2.00 bits per heavy atom. The highest BCUT2D eigenvalue weighted by Crippen LogP contribution is 2.39. The van der Waals surface area contributed by atoms with Crippen LogP contribution in [-0.2, 0) is 15.1 Å². The maximum absolute atomic E-state index is 12.5. The highest BCUT2D eigenvalue weighted by Gasteiger charge is 2.44. The van der Waals surface area contributed by atoms with Crippen LogP contribution in [0.2, 0.25) is 5.15 Å². The number of carbonyl (C=O) groups excluding carboxylic acids is 1. The summed E-state index contributed by atoms with van der Waals surface area (Å²) >= 11 is 5.59. The van der Waals surface area contributed by atoms with E-state index in [1.807, 2.05) is 0 Å². The lowest BCUT2D eigenvalue weighted by Gasteiger charge is -2.33. The van der Waals surface area contributed by atoms with E-state index in [1.165, 1.54) is 12.1 Å². The predicted octanol–water partition coefficient (Wildman–Crippen LogP) is 1.52. The van der Waals surface area contributed by atoms with E-state index in [4.69, 9.17) is 23.1 Å². The van der Waals surface area contributed by atoms with E-state index in [2.05, 4.69) is 14.9 Å². The molecule has 2 rings (SSSR count). The van der Waals surface area contributed by atoms with Gasteiger partial charge in [-0.1, -0.05) is 17.7 Å². The van der Waals surface area contributed by atoms with E-state index >= 15 is 0 Å². The summed E-state index contributed by atoms with van der Waals surface area (Å²) in [4.78, 5) is 11.3. The summed E-state index contributed by atoms with van der Waals surface area (Å²) in [6.45, 7) is 0. The van der Waals surface area contributed by atoms with Crippen LogP contribution in [0.4, 0.5) is 13.2 Å². The van der Waals surface area contributed by atoms with Gasteiger partial charge in [0.05, 0.1) is 5.69 Å². The average molecular weight is 335 g/mol. The predicted molar refractivity (Wildman–Crippen MR) is 70.0 cm³/mol. The molecule has 0 fully saturated rings. The minimum absolute atomic E-state index is 0.0359. The molecule has 1 aromatic rings. The first-order valence-corrected chi connectivity index (χ1v) is 6.25. The van der Waals surface area contributed by atoms with Crippen LogP contribution in [0.25, 0.3) is 0 Å². The Balaban J connectivity index is 2.49. The topological polar surface area (TPSA) is 104 Å². The summed E-state index contributed by atoms with van der Waals surface area (Å²) in [7, 11) is 0. The summed E-state index contributed by atoms with van der Waals surface area (Å²) in [6.07, 6.45) is -3.21. The number of halogens is 4. The second-order valence-corrected chi connectivity index (χ2v) is 4.91. The molecule has 6 nitrogen and oxygen atoms in total. The van der Waals surface area contributed by atoms with Crippen molar-refractivity contribution in [2.45, 2.75) is 18.3 Å². The van der Waals surface area contributed by atoms with Crippen molar-refractivity contribution in [2.75, 3.05) is 0 Å². The van der Waals surface area contributed by atoms with Gasteiger partial charge in [-0.2, -0.15) is 5.10 Å². The molecular weight excluding hydrogens is 325 g/mol. The summed E-state index contributed by atoms with van der Waals surface area (Å²) in [5, 5.41) is 7.25. The molecule has 4 N–H and O–H groups in total. The Bertz CT molecular complexity index is 657. The first kappa shape index (κ1) is 16.2. The van der Waals surface area contributed by atoms with Crippen molar-refractivity contribution in [3.8, 4) is 0 Å². The molecule has 1 aliphatic rings. The highest BCUT2D eigenvalue weighted by molar-refractivity contribution is 6.29. The van der Waals surface area contributed by atoms with Crippen LogP contribution in [0.15, 0.2) is 35.6 Å². The van der Waals surface area contributed by atoms with Crippen molar-refractivity contribution >= 4 is 17.5 Å². The van der Waals surface area contributed by atoms with E-state index < -0.39 is 23.6 Å². The van der Waals surface area contributed by atoms with Crippen molar-refractivity contribution < 1.29 is 22.7 Å². The number of nitrogens with zero attached hydrogens (tertiary/aromatic N) is 2. The molecule has 0 radical (unpaired) electrons. The molecule has 118 valence electrons. The van der Waals surface area contributed by atoms with Crippen molar-refractivity contribution in [1.82, 2.24) is 10.2 Å². The third kappa shape index (κ3) is 3.37. The monoisotopic (exact) mass is 334 g/mol. The zero-order valence-electron chi connectivity index (χ0n) is 10.9. The first-order valence-electron chi connectivity index (χ1n) is 5.87. The largest absolute Gasteiger partial charge is 0.572 e. The SMILES string of the molecule is NC(=O)C1=CC=C(OC(F)(F)F)C(N)(c2ccc(Cl)nn2)C1. The maximum Gasteiger partial charge on any atom is 0.572 e. The Hall–Kier alpha value is -2.13. The van der Waals surface area contributed by atoms with Crippen LogP contribution in [0.1, 0.15) is 12.1 Å². The minimum atomic E-state index is -4.95. The normalized spacial score (nSPS) is 21.9. The number of amides is 1. The maximum atomic E-state index is 12.5. The van der Waals surface area contributed by atoms with Gasteiger partial charge in [0, 0.05) is 12.0 Å². The Morgan fingerprint density at radius 3 is 2.50 bits per heavy atom. The zero-order chi connectivity index (χ0) is 16.5. The molecule has 1 atom stereocenters. The van der Waals surface area contributed by atoms with Crippen molar-refractivity contribution in [3.05, 3.63) is 46.5 Å². The Labute approximate surface area is 127 Å². The standard InChI is InChI=1S/C12H10ClF3N4O2/c13-9-4-2-7(19-20-9)11(18)5-6(10(17)21)1-3-8(11)22-12(14,15)16/h1-4H,5,18H2,(H2,17,21). The Morgan fingerprint density at radius 1 is 1.32 bits per heavy atom. The van der Waals surface area contributed by atoms with Gasteiger partial charge in [0.25, 0.3) is 0 Å². The van der Waals surface area contributed by atoms with E-state index in [-0.39, 0.29) is 22.8 Å². The van der Waals surface area contributed by atoms with Gasteiger partial charge in [0.15, 0.2) is 5.15 Å². The molecule has 1 heterocycles. The fourth-order valence-electron chi connectivity index (χ4n) is 1.96. The van der Waals surface area contributed by atoms with E-state index in [1.54, 1.807) is 0 Å². The molecule has 1 amide bonds. The van der Waals surface area contributed by atoms with Crippen LogP contribution in [0.5, 0.6) is 0 Å². The number of carbonyl (C=O) groups is 1. The van der Waals surface area contributed by atoms with Crippen LogP contribution < -0.4 is 11.5 Å². The third-order valence-electron chi connectivity index (χ3n) is 2.98. The fourth-order valence-corrected chi connectivity index (χ4v) is 2.06. The lowest BCUT2D eigenvalue weighted by atomic mass is 9.82. The van der Waals surface area contributed by atoms with Gasteiger partial charge in [-0.15, -0.1) is 18.3 Å². The summed E-state index contributed by atoms with van der Waals surface area (Å²) in [6, 6.07) is 2.61. The average Bonchev–Trinajstić information content (AvgIpc) is 2.40. The summed E-state index contributed by atoms with van der Waals surface area (Å²) < 4.78 is 41.5. The second kappa shape index (κ2) is 5.58. The number of alkyl halides is 3. The molecule has 0 saturated heterocycles. The molecule has 0 aromatic carbocycles. The van der Waals surface area contributed by atoms with Crippen LogP contribution in [0, 0.1) is 0 Å². The van der Waals surface area contributed by atoms with Gasteiger partial charge >= 0.3 is 6.36 Å². The Kier molecular flexibility index (Phi) is 4.12. The lowest BCUT2D eigenvalue weighted by molar-refractivity contribution is -0.310. The molecule has 0 saturated carbocycles. The number of aromatic nitrogens is 2. The molecule has 0 bridgehead atoms. The van der Waals surface area contributed by atoms with Crippen LogP contribution >= 0.6 is 11.6 Å². The van der Waals surface area contributed by atoms with Crippen molar-refractivity contribution in [3.63, 3.8) is 0 Å². The summed E-state index contributed by atoms with van der Waals surface area (Å²) in [5.74, 6) is -1.43. The number of primary amides is 1. The highest BCUT2D eigenvalue weighted by atomic mass is 35.5. The molecular formula is C12H10ClF3N4O2. The number of allylic oxidation sites excluding steroid dienone is 2. The minimum Gasteiger partial charge on any atom is -0.408 e. The smallest absolute Gasteiger partial charge is 0.408 e. The summed E-state index contributed by atoms with van der Waals surface area (Å²) in [5.41, 5.74) is 9.33. The quantitative estimate of drug-likeness (QED) is 0.872. The van der Waals surface area contributed by atoms with Gasteiger partial charge in [-0.3, -0.25) is 4.79 Å². The zero-order valence-corrected chi connectivity index (χ0v) is 11.6. The fraction of sp³-hybridized carbons (Fsp3) is 0.250. The van der Waals surface area contributed by atoms with Gasteiger partial charge in [-0.05, 0) is 18.2 Å². The molecule has 0 spiro atoms. The number of nitrogens with two attached hydrogens (primary N) is 2. The third-order valence-corrected chi connectivity index (χ3v) is 3.18. The second-order valence-electron chi connectivity index (χ2n) is 4.52.